The predicted molar refractivity (Wildman–Crippen MR) is 93.0 cm³/mol. The van der Waals surface area contributed by atoms with Crippen molar-refractivity contribution in [2.24, 2.45) is 11.1 Å². The summed E-state index contributed by atoms with van der Waals surface area (Å²) in [7, 11) is 0. The molecule has 1 fully saturated rings. The van der Waals surface area contributed by atoms with Crippen molar-refractivity contribution >= 4 is 23.4 Å². The third-order valence-electron chi connectivity index (χ3n) is 4.11. The second kappa shape index (κ2) is 7.60. The summed E-state index contributed by atoms with van der Waals surface area (Å²) in [5.74, 6) is -3.58. The highest BCUT2D eigenvalue weighted by atomic mass is 16.4. The van der Waals surface area contributed by atoms with E-state index in [9.17, 15) is 14.4 Å². The Hall–Kier alpha value is -3.48. The third kappa shape index (κ3) is 3.46. The lowest BCUT2D eigenvalue weighted by molar-refractivity contribution is -0.141. The first kappa shape index (κ1) is 17.3. The number of hydrogen-bond donors (Lipinski definition) is 2. The number of amides is 3. The van der Waals surface area contributed by atoms with Crippen LogP contribution in [0.1, 0.15) is 11.1 Å². The average molecular weight is 351 g/mol. The molecule has 2 aromatic rings. The van der Waals surface area contributed by atoms with Crippen LogP contribution in [0, 0.1) is 5.92 Å². The number of oxime groups is 1. The quantitative estimate of drug-likeness (QED) is 0.367. The molecular formula is C19H17N3O4. The van der Waals surface area contributed by atoms with E-state index in [2.05, 4.69) is 10.5 Å². The highest BCUT2D eigenvalue weighted by molar-refractivity contribution is 6.54. The summed E-state index contributed by atoms with van der Waals surface area (Å²) in [6, 6.07) is 18.1. The van der Waals surface area contributed by atoms with Gasteiger partial charge in [-0.05, 0) is 11.1 Å². The van der Waals surface area contributed by atoms with Crippen LogP contribution in [-0.2, 0) is 27.5 Å². The van der Waals surface area contributed by atoms with Crippen LogP contribution < -0.4 is 5.32 Å². The van der Waals surface area contributed by atoms with Crippen molar-refractivity contribution in [2.45, 2.75) is 13.1 Å². The topological polar surface area (TPSA) is 99.1 Å². The Balaban J connectivity index is 1.74. The van der Waals surface area contributed by atoms with E-state index in [0.29, 0.717) is 0 Å². The third-order valence-corrected chi connectivity index (χ3v) is 4.11. The summed E-state index contributed by atoms with van der Waals surface area (Å²) in [6.45, 7) is 0.217. The maximum Gasteiger partial charge on any atom is 0.279 e. The van der Waals surface area contributed by atoms with Crippen LogP contribution in [0.3, 0.4) is 0 Å². The zero-order valence-electron chi connectivity index (χ0n) is 13.8. The monoisotopic (exact) mass is 351 g/mol. The van der Waals surface area contributed by atoms with Crippen molar-refractivity contribution in [1.29, 1.82) is 0 Å². The first-order valence-electron chi connectivity index (χ1n) is 8.05. The number of benzene rings is 2. The van der Waals surface area contributed by atoms with Gasteiger partial charge in [-0.3, -0.25) is 19.3 Å². The van der Waals surface area contributed by atoms with E-state index >= 15 is 0 Å². The molecule has 0 unspecified atom stereocenters. The minimum Gasteiger partial charge on any atom is -0.410 e. The molecule has 0 saturated carbocycles. The number of nitrogens with one attached hydrogen (secondary N) is 1. The molecule has 3 amide bonds. The zero-order valence-corrected chi connectivity index (χ0v) is 13.8. The zero-order chi connectivity index (χ0) is 18.5. The van der Waals surface area contributed by atoms with Gasteiger partial charge in [0.25, 0.3) is 5.91 Å². The molecule has 0 radical (unpaired) electrons. The van der Waals surface area contributed by atoms with Crippen molar-refractivity contribution in [3.8, 4) is 0 Å². The number of hydrogen-bond acceptors (Lipinski definition) is 5. The summed E-state index contributed by atoms with van der Waals surface area (Å²) in [4.78, 5) is 38.3. The van der Waals surface area contributed by atoms with Crippen molar-refractivity contribution in [3.63, 3.8) is 0 Å². The molecule has 1 heterocycles. The van der Waals surface area contributed by atoms with Crippen molar-refractivity contribution in [1.82, 2.24) is 10.2 Å². The molecule has 0 aliphatic carbocycles. The Morgan fingerprint density at radius 2 is 1.58 bits per heavy atom. The number of imide groups is 1. The molecule has 26 heavy (non-hydrogen) atoms. The van der Waals surface area contributed by atoms with E-state index < -0.39 is 29.4 Å². The Labute approximate surface area is 149 Å². The average Bonchev–Trinajstić information content (AvgIpc) is 2.92. The summed E-state index contributed by atoms with van der Waals surface area (Å²) in [5.41, 5.74) is 1.12. The number of likely N-dealkylation sites (tertiary alicyclic amines) is 1. The van der Waals surface area contributed by atoms with Crippen molar-refractivity contribution < 1.29 is 19.6 Å². The minimum atomic E-state index is -1.44. The van der Waals surface area contributed by atoms with Crippen LogP contribution in [-0.4, -0.2) is 33.5 Å². The standard InChI is InChI=1S/C19H17N3O4/c23-17(20-11-13-7-3-1-4-8-13)15-16(21-26)19(25)22(18(15)24)12-14-9-5-2-6-10-14/h1-10,15,26H,11-12H2,(H,20,23)/b21-16-/t15-/m0/s1. The first-order valence-corrected chi connectivity index (χ1v) is 8.05. The van der Waals surface area contributed by atoms with Gasteiger partial charge >= 0.3 is 0 Å². The smallest absolute Gasteiger partial charge is 0.279 e. The largest absolute Gasteiger partial charge is 0.410 e. The normalized spacial score (nSPS) is 18.4. The molecule has 1 aliphatic rings. The number of nitrogens with zero attached hydrogens (tertiary/aromatic N) is 2. The lowest BCUT2D eigenvalue weighted by Gasteiger charge is -2.14. The Bertz CT molecular complexity index is 850. The van der Waals surface area contributed by atoms with E-state index in [1.807, 2.05) is 36.4 Å². The van der Waals surface area contributed by atoms with Gasteiger partial charge in [0.15, 0.2) is 11.6 Å². The maximum atomic E-state index is 12.6. The molecule has 7 heteroatoms. The van der Waals surface area contributed by atoms with Gasteiger partial charge in [-0.1, -0.05) is 65.8 Å². The highest BCUT2D eigenvalue weighted by Crippen LogP contribution is 2.20. The van der Waals surface area contributed by atoms with E-state index in [1.54, 1.807) is 24.3 Å². The summed E-state index contributed by atoms with van der Waals surface area (Å²) in [5, 5.41) is 14.7. The van der Waals surface area contributed by atoms with Crippen LogP contribution in [0.5, 0.6) is 0 Å². The first-order chi connectivity index (χ1) is 12.6. The van der Waals surface area contributed by atoms with Gasteiger partial charge in [0, 0.05) is 6.54 Å². The fourth-order valence-electron chi connectivity index (χ4n) is 2.77. The van der Waals surface area contributed by atoms with Gasteiger partial charge in [-0.2, -0.15) is 0 Å². The van der Waals surface area contributed by atoms with Crippen molar-refractivity contribution in [3.05, 3.63) is 71.8 Å². The summed E-state index contributed by atoms with van der Waals surface area (Å²) >= 11 is 0. The van der Waals surface area contributed by atoms with Crippen molar-refractivity contribution in [2.75, 3.05) is 0 Å². The Morgan fingerprint density at radius 1 is 1.00 bits per heavy atom. The lowest BCUT2D eigenvalue weighted by Crippen LogP contribution is -2.38. The number of carbonyl (C=O) groups excluding carboxylic acids is 3. The summed E-state index contributed by atoms with van der Waals surface area (Å²) < 4.78 is 0. The summed E-state index contributed by atoms with van der Waals surface area (Å²) in [6.07, 6.45) is 0. The van der Waals surface area contributed by atoms with Crippen LogP contribution >= 0.6 is 0 Å². The molecule has 1 saturated heterocycles. The van der Waals surface area contributed by atoms with Gasteiger partial charge in [-0.15, -0.1) is 0 Å². The molecule has 2 N–H and O–H groups in total. The molecule has 7 nitrogen and oxygen atoms in total. The fraction of sp³-hybridized carbons (Fsp3) is 0.158. The Morgan fingerprint density at radius 3 is 2.15 bits per heavy atom. The van der Waals surface area contributed by atoms with Crippen LogP contribution in [0.25, 0.3) is 0 Å². The molecule has 2 aromatic carbocycles. The van der Waals surface area contributed by atoms with E-state index in [-0.39, 0.29) is 13.1 Å². The number of rotatable bonds is 5. The number of carbonyl (C=O) groups is 3. The highest BCUT2D eigenvalue weighted by Gasteiger charge is 2.49. The van der Waals surface area contributed by atoms with E-state index in [4.69, 9.17) is 5.21 Å². The second-order valence-electron chi connectivity index (χ2n) is 5.84. The molecular weight excluding hydrogens is 334 g/mol. The molecule has 1 aliphatic heterocycles. The Kier molecular flexibility index (Phi) is 5.07. The van der Waals surface area contributed by atoms with Gasteiger partial charge in [0.1, 0.15) is 0 Å². The van der Waals surface area contributed by atoms with Gasteiger partial charge in [-0.25, -0.2) is 0 Å². The molecule has 0 aromatic heterocycles. The van der Waals surface area contributed by atoms with E-state index in [0.717, 1.165) is 16.0 Å². The van der Waals surface area contributed by atoms with Crippen LogP contribution in [0.4, 0.5) is 0 Å². The fourth-order valence-corrected chi connectivity index (χ4v) is 2.77. The van der Waals surface area contributed by atoms with E-state index in [1.165, 1.54) is 0 Å². The predicted octanol–water partition coefficient (Wildman–Crippen LogP) is 1.32. The second-order valence-corrected chi connectivity index (χ2v) is 5.84. The minimum absolute atomic E-state index is 0.0139. The molecule has 1 atom stereocenters. The molecule has 0 bridgehead atoms. The van der Waals surface area contributed by atoms with Gasteiger partial charge in [0.2, 0.25) is 11.8 Å². The lowest BCUT2D eigenvalue weighted by atomic mass is 10.1. The molecule has 0 spiro atoms. The molecule has 132 valence electrons. The van der Waals surface area contributed by atoms with Crippen LogP contribution in [0.2, 0.25) is 0 Å². The molecule has 3 rings (SSSR count). The maximum absolute atomic E-state index is 12.6. The van der Waals surface area contributed by atoms with Gasteiger partial charge < -0.3 is 10.5 Å². The van der Waals surface area contributed by atoms with Crippen LogP contribution in [0.15, 0.2) is 65.8 Å². The SMILES string of the molecule is O=C(NCc1ccccc1)[C@H]1C(=O)N(Cc2ccccc2)C(=O)/C1=N\O. The van der Waals surface area contributed by atoms with Gasteiger partial charge in [0.05, 0.1) is 6.54 Å².